The highest BCUT2D eigenvalue weighted by Crippen LogP contribution is 2.34. The molecule has 1 aromatic carbocycles. The number of ether oxygens (including phenoxy) is 4. The van der Waals surface area contributed by atoms with Crippen molar-refractivity contribution in [3.63, 3.8) is 0 Å². The van der Waals surface area contributed by atoms with Gasteiger partial charge in [0.05, 0.1) is 17.9 Å². The molecule has 1 aliphatic rings. The summed E-state index contributed by atoms with van der Waals surface area (Å²) < 4.78 is 20.9. The molecule has 2 heterocycles. The minimum atomic E-state index is -0.494. The van der Waals surface area contributed by atoms with Gasteiger partial charge in [-0.1, -0.05) is 11.8 Å². The zero-order valence-electron chi connectivity index (χ0n) is 15.3. The van der Waals surface area contributed by atoms with Gasteiger partial charge in [0.1, 0.15) is 11.6 Å². The Balaban J connectivity index is 1.54. The molecule has 3 rings (SSSR count). The summed E-state index contributed by atoms with van der Waals surface area (Å²) in [5.41, 5.74) is 0.923. The molecule has 1 aliphatic heterocycles. The number of pyridine rings is 1. The van der Waals surface area contributed by atoms with Gasteiger partial charge in [-0.05, 0) is 31.2 Å². The minimum Gasteiger partial charge on any atom is -0.460 e. The Morgan fingerprint density at radius 1 is 1.21 bits per heavy atom. The first-order valence-corrected chi connectivity index (χ1v) is 9.68. The Morgan fingerprint density at radius 3 is 2.93 bits per heavy atom. The molecule has 148 valence electrons. The predicted molar refractivity (Wildman–Crippen MR) is 103 cm³/mol. The zero-order valence-corrected chi connectivity index (χ0v) is 16.1. The highest BCUT2D eigenvalue weighted by atomic mass is 32.2. The van der Waals surface area contributed by atoms with Crippen LogP contribution in [0.1, 0.15) is 17.3 Å². The molecule has 0 aliphatic carbocycles. The molecule has 0 radical (unpaired) electrons. The van der Waals surface area contributed by atoms with E-state index in [2.05, 4.69) is 10.3 Å². The first kappa shape index (κ1) is 20.0. The highest BCUT2D eigenvalue weighted by Gasteiger charge is 2.17. The SMILES string of the molecule is CCOCCOC(=O)c1cccnc1SCC(=O)Nc1ccc2c(c1)OCO2. The number of benzene rings is 1. The second kappa shape index (κ2) is 9.95. The van der Waals surface area contributed by atoms with Crippen LogP contribution in [0.5, 0.6) is 11.5 Å². The molecule has 9 heteroatoms. The van der Waals surface area contributed by atoms with Crippen molar-refractivity contribution in [2.75, 3.05) is 37.7 Å². The first-order valence-electron chi connectivity index (χ1n) is 8.69. The summed E-state index contributed by atoms with van der Waals surface area (Å²) in [4.78, 5) is 28.6. The van der Waals surface area contributed by atoms with Crippen molar-refractivity contribution in [1.82, 2.24) is 4.98 Å². The molecule has 0 spiro atoms. The zero-order chi connectivity index (χ0) is 19.8. The Hall–Kier alpha value is -2.78. The van der Waals surface area contributed by atoms with Crippen LogP contribution in [0.3, 0.4) is 0 Å². The van der Waals surface area contributed by atoms with Crippen LogP contribution < -0.4 is 14.8 Å². The predicted octanol–water partition coefficient (Wildman–Crippen LogP) is 2.73. The van der Waals surface area contributed by atoms with Crippen LogP contribution in [0.15, 0.2) is 41.6 Å². The summed E-state index contributed by atoms with van der Waals surface area (Å²) in [7, 11) is 0. The number of hydrogen-bond donors (Lipinski definition) is 1. The summed E-state index contributed by atoms with van der Waals surface area (Å²) in [5, 5.41) is 3.22. The van der Waals surface area contributed by atoms with E-state index in [0.29, 0.717) is 41.0 Å². The normalized spacial score (nSPS) is 11.9. The fourth-order valence-corrected chi connectivity index (χ4v) is 3.16. The van der Waals surface area contributed by atoms with E-state index >= 15 is 0 Å². The maximum atomic E-state index is 12.2. The van der Waals surface area contributed by atoms with Crippen molar-refractivity contribution in [2.45, 2.75) is 11.9 Å². The van der Waals surface area contributed by atoms with Crippen molar-refractivity contribution in [3.8, 4) is 11.5 Å². The standard InChI is InChI=1S/C19H20N2O6S/c1-2-24-8-9-25-19(23)14-4-3-7-20-18(14)28-11-17(22)21-13-5-6-15-16(10-13)27-12-26-15/h3-7,10H,2,8-9,11-12H2,1H3,(H,21,22). The van der Waals surface area contributed by atoms with Crippen LogP contribution in [0.2, 0.25) is 0 Å². The van der Waals surface area contributed by atoms with E-state index in [4.69, 9.17) is 18.9 Å². The number of carbonyl (C=O) groups excluding carboxylic acids is 2. The molecule has 0 fully saturated rings. The van der Waals surface area contributed by atoms with Crippen LogP contribution >= 0.6 is 11.8 Å². The lowest BCUT2D eigenvalue weighted by Crippen LogP contribution is -2.15. The number of amides is 1. The van der Waals surface area contributed by atoms with E-state index in [1.54, 1.807) is 36.5 Å². The number of carbonyl (C=O) groups is 2. The van der Waals surface area contributed by atoms with Gasteiger partial charge < -0.3 is 24.3 Å². The van der Waals surface area contributed by atoms with E-state index in [9.17, 15) is 9.59 Å². The largest absolute Gasteiger partial charge is 0.460 e. The van der Waals surface area contributed by atoms with E-state index in [-0.39, 0.29) is 25.1 Å². The van der Waals surface area contributed by atoms with E-state index < -0.39 is 5.97 Å². The Bertz CT molecular complexity index is 845. The number of thioether (sulfide) groups is 1. The molecule has 1 amide bonds. The number of aromatic nitrogens is 1. The van der Waals surface area contributed by atoms with Gasteiger partial charge in [-0.25, -0.2) is 9.78 Å². The second-order valence-corrected chi connectivity index (χ2v) is 6.56. The second-order valence-electron chi connectivity index (χ2n) is 5.59. The van der Waals surface area contributed by atoms with Gasteiger partial charge in [0, 0.05) is 24.6 Å². The Morgan fingerprint density at radius 2 is 2.07 bits per heavy atom. The average Bonchev–Trinajstić information content (AvgIpc) is 3.17. The smallest absolute Gasteiger partial charge is 0.340 e. The average molecular weight is 404 g/mol. The molecular formula is C19H20N2O6S. The van der Waals surface area contributed by atoms with Crippen LogP contribution in [-0.2, 0) is 14.3 Å². The van der Waals surface area contributed by atoms with Gasteiger partial charge in [-0.3, -0.25) is 4.79 Å². The number of nitrogens with one attached hydrogen (secondary N) is 1. The number of esters is 1. The van der Waals surface area contributed by atoms with Gasteiger partial charge in [0.25, 0.3) is 0 Å². The molecule has 0 saturated carbocycles. The van der Waals surface area contributed by atoms with Gasteiger partial charge >= 0.3 is 5.97 Å². The van der Waals surface area contributed by atoms with Gasteiger partial charge in [-0.2, -0.15) is 0 Å². The minimum absolute atomic E-state index is 0.0880. The summed E-state index contributed by atoms with van der Waals surface area (Å²) in [5.74, 6) is 0.599. The third kappa shape index (κ3) is 5.37. The maximum absolute atomic E-state index is 12.2. The molecule has 1 aromatic heterocycles. The lowest BCUT2D eigenvalue weighted by molar-refractivity contribution is -0.113. The third-order valence-electron chi connectivity index (χ3n) is 3.65. The number of hydrogen-bond acceptors (Lipinski definition) is 8. The van der Waals surface area contributed by atoms with Crippen molar-refractivity contribution in [2.24, 2.45) is 0 Å². The summed E-state index contributed by atoms with van der Waals surface area (Å²) in [6, 6.07) is 8.44. The van der Waals surface area contributed by atoms with E-state index in [1.165, 1.54) is 0 Å². The van der Waals surface area contributed by atoms with Crippen LogP contribution in [0.25, 0.3) is 0 Å². The molecule has 0 bridgehead atoms. The number of nitrogens with zero attached hydrogens (tertiary/aromatic N) is 1. The van der Waals surface area contributed by atoms with Crippen molar-refractivity contribution >= 4 is 29.3 Å². The number of rotatable bonds is 9. The Kier molecular flexibility index (Phi) is 7.10. The van der Waals surface area contributed by atoms with Crippen LogP contribution in [0.4, 0.5) is 5.69 Å². The molecule has 8 nitrogen and oxygen atoms in total. The summed E-state index contributed by atoms with van der Waals surface area (Å²) in [6.45, 7) is 3.10. The fraction of sp³-hybridized carbons (Fsp3) is 0.316. The quantitative estimate of drug-likeness (QED) is 0.387. The summed E-state index contributed by atoms with van der Waals surface area (Å²) >= 11 is 1.16. The molecular weight excluding hydrogens is 384 g/mol. The fourth-order valence-electron chi connectivity index (χ4n) is 2.38. The Labute approximate surface area is 166 Å². The lowest BCUT2D eigenvalue weighted by Gasteiger charge is -2.09. The van der Waals surface area contributed by atoms with Crippen molar-refractivity contribution in [1.29, 1.82) is 0 Å². The van der Waals surface area contributed by atoms with E-state index in [1.807, 2.05) is 6.92 Å². The molecule has 1 N–H and O–H groups in total. The number of fused-ring (bicyclic) bond motifs is 1. The van der Waals surface area contributed by atoms with Gasteiger partial charge in [0.15, 0.2) is 11.5 Å². The van der Waals surface area contributed by atoms with Crippen molar-refractivity contribution in [3.05, 3.63) is 42.1 Å². The molecule has 0 saturated heterocycles. The highest BCUT2D eigenvalue weighted by molar-refractivity contribution is 8.00. The van der Waals surface area contributed by atoms with E-state index in [0.717, 1.165) is 11.8 Å². The molecule has 0 unspecified atom stereocenters. The van der Waals surface area contributed by atoms with Crippen LogP contribution in [-0.4, -0.2) is 49.2 Å². The molecule has 0 atom stereocenters. The molecule has 28 heavy (non-hydrogen) atoms. The monoisotopic (exact) mass is 404 g/mol. The third-order valence-corrected chi connectivity index (χ3v) is 4.66. The summed E-state index contributed by atoms with van der Waals surface area (Å²) in [6.07, 6.45) is 1.56. The topological polar surface area (TPSA) is 96.0 Å². The van der Waals surface area contributed by atoms with Crippen molar-refractivity contribution < 1.29 is 28.5 Å². The van der Waals surface area contributed by atoms with Gasteiger partial charge in [-0.15, -0.1) is 0 Å². The number of anilines is 1. The molecule has 2 aromatic rings. The first-order chi connectivity index (χ1) is 13.7. The maximum Gasteiger partial charge on any atom is 0.340 e. The van der Waals surface area contributed by atoms with Gasteiger partial charge in [0.2, 0.25) is 12.7 Å². The van der Waals surface area contributed by atoms with Crippen LogP contribution in [0, 0.1) is 0 Å². The lowest BCUT2D eigenvalue weighted by atomic mass is 10.3.